The van der Waals surface area contributed by atoms with E-state index in [0.717, 1.165) is 56.2 Å². The zero-order valence-electron chi connectivity index (χ0n) is 15.1. The van der Waals surface area contributed by atoms with Crippen LogP contribution in [0.2, 0.25) is 0 Å². The number of aromatic nitrogens is 5. The standard InChI is InChI=1S/C17H28N6O/c1-5-14-21-16(24-22-14)12-6-8-13(9-7-12)18-10-15-19-11-20-23(15)17(2,3)4/h11-13,18H,5-10H2,1-4H3. The summed E-state index contributed by atoms with van der Waals surface area (Å²) in [5.74, 6) is 3.03. The fourth-order valence-electron chi connectivity index (χ4n) is 3.30. The van der Waals surface area contributed by atoms with Crippen molar-refractivity contribution in [1.29, 1.82) is 0 Å². The molecule has 7 nitrogen and oxygen atoms in total. The average Bonchev–Trinajstić information content (AvgIpc) is 3.22. The number of rotatable bonds is 5. The number of nitrogens with zero attached hydrogens (tertiary/aromatic N) is 5. The van der Waals surface area contributed by atoms with Gasteiger partial charge >= 0.3 is 0 Å². The molecule has 0 saturated heterocycles. The summed E-state index contributed by atoms with van der Waals surface area (Å²) in [5.41, 5.74) is -0.0416. The zero-order chi connectivity index (χ0) is 17.2. The highest BCUT2D eigenvalue weighted by atomic mass is 16.5. The van der Waals surface area contributed by atoms with Crippen molar-refractivity contribution in [2.75, 3.05) is 0 Å². The van der Waals surface area contributed by atoms with E-state index in [4.69, 9.17) is 4.52 Å². The van der Waals surface area contributed by atoms with Crippen LogP contribution >= 0.6 is 0 Å². The van der Waals surface area contributed by atoms with Crippen LogP contribution in [-0.4, -0.2) is 30.9 Å². The molecule has 0 atom stereocenters. The average molecular weight is 332 g/mol. The predicted molar refractivity (Wildman–Crippen MR) is 90.5 cm³/mol. The van der Waals surface area contributed by atoms with Gasteiger partial charge in [-0.2, -0.15) is 10.1 Å². The van der Waals surface area contributed by atoms with Gasteiger partial charge < -0.3 is 9.84 Å². The van der Waals surface area contributed by atoms with Gasteiger partial charge in [0.25, 0.3) is 0 Å². The first kappa shape index (κ1) is 17.1. The van der Waals surface area contributed by atoms with Crippen LogP contribution in [0.5, 0.6) is 0 Å². The van der Waals surface area contributed by atoms with Crippen molar-refractivity contribution in [3.05, 3.63) is 23.9 Å². The Labute approximate surface area is 143 Å². The van der Waals surface area contributed by atoms with Crippen molar-refractivity contribution in [2.45, 2.75) is 83.8 Å². The summed E-state index contributed by atoms with van der Waals surface area (Å²) >= 11 is 0. The third kappa shape index (κ3) is 3.83. The summed E-state index contributed by atoms with van der Waals surface area (Å²) in [5, 5.41) is 12.0. The highest BCUT2D eigenvalue weighted by Crippen LogP contribution is 2.32. The molecule has 24 heavy (non-hydrogen) atoms. The van der Waals surface area contributed by atoms with E-state index in [1.165, 1.54) is 0 Å². The van der Waals surface area contributed by atoms with Gasteiger partial charge in [-0.25, -0.2) is 9.67 Å². The summed E-state index contributed by atoms with van der Waals surface area (Å²) in [6.45, 7) is 9.24. The Kier molecular flexibility index (Phi) is 4.99. The first-order valence-corrected chi connectivity index (χ1v) is 8.92. The molecule has 0 radical (unpaired) electrons. The second-order valence-electron chi connectivity index (χ2n) is 7.59. The quantitative estimate of drug-likeness (QED) is 0.906. The van der Waals surface area contributed by atoms with Crippen LogP contribution < -0.4 is 5.32 Å². The van der Waals surface area contributed by atoms with Crippen LogP contribution in [0.4, 0.5) is 0 Å². The summed E-state index contributed by atoms with van der Waals surface area (Å²) < 4.78 is 7.40. The zero-order valence-corrected chi connectivity index (χ0v) is 15.1. The Morgan fingerprint density at radius 2 is 2.00 bits per heavy atom. The van der Waals surface area contributed by atoms with E-state index in [1.807, 2.05) is 11.6 Å². The lowest BCUT2D eigenvalue weighted by atomic mass is 9.86. The van der Waals surface area contributed by atoms with Gasteiger partial charge in [0.05, 0.1) is 12.1 Å². The molecule has 0 aromatic carbocycles. The second kappa shape index (κ2) is 7.01. The summed E-state index contributed by atoms with van der Waals surface area (Å²) in [7, 11) is 0. The fourth-order valence-corrected chi connectivity index (χ4v) is 3.30. The van der Waals surface area contributed by atoms with E-state index in [2.05, 4.69) is 46.3 Å². The van der Waals surface area contributed by atoms with Crippen LogP contribution in [0, 0.1) is 0 Å². The third-order valence-electron chi connectivity index (χ3n) is 4.68. The predicted octanol–water partition coefficient (Wildman–Crippen LogP) is 2.79. The lowest BCUT2D eigenvalue weighted by Crippen LogP contribution is -2.35. The molecular formula is C17H28N6O. The van der Waals surface area contributed by atoms with Crippen molar-refractivity contribution < 1.29 is 4.52 Å². The van der Waals surface area contributed by atoms with Crippen molar-refractivity contribution in [1.82, 2.24) is 30.2 Å². The van der Waals surface area contributed by atoms with Crippen LogP contribution in [0.3, 0.4) is 0 Å². The van der Waals surface area contributed by atoms with E-state index >= 15 is 0 Å². The summed E-state index contributed by atoms with van der Waals surface area (Å²) in [6, 6.07) is 0.514. The minimum atomic E-state index is -0.0416. The van der Waals surface area contributed by atoms with E-state index in [1.54, 1.807) is 6.33 Å². The van der Waals surface area contributed by atoms with Gasteiger partial charge in [0.2, 0.25) is 5.89 Å². The maximum Gasteiger partial charge on any atom is 0.229 e. The highest BCUT2D eigenvalue weighted by Gasteiger charge is 2.26. The molecule has 0 spiro atoms. The molecule has 132 valence electrons. The van der Waals surface area contributed by atoms with Crippen LogP contribution in [0.15, 0.2) is 10.9 Å². The lowest BCUT2D eigenvalue weighted by molar-refractivity contribution is 0.276. The molecule has 0 aliphatic heterocycles. The van der Waals surface area contributed by atoms with Crippen molar-refractivity contribution in [3.8, 4) is 0 Å². The molecule has 1 fully saturated rings. The number of aryl methyl sites for hydroxylation is 1. The van der Waals surface area contributed by atoms with Gasteiger partial charge in [0, 0.05) is 18.4 Å². The molecule has 1 saturated carbocycles. The number of hydrogen-bond acceptors (Lipinski definition) is 6. The molecule has 2 heterocycles. The Morgan fingerprint density at radius 1 is 1.25 bits per heavy atom. The minimum Gasteiger partial charge on any atom is -0.339 e. The first-order valence-electron chi connectivity index (χ1n) is 8.92. The molecular weight excluding hydrogens is 304 g/mol. The van der Waals surface area contributed by atoms with Crippen LogP contribution in [-0.2, 0) is 18.5 Å². The molecule has 0 bridgehead atoms. The van der Waals surface area contributed by atoms with E-state index < -0.39 is 0 Å². The SMILES string of the molecule is CCc1noc(C2CCC(NCc3ncnn3C(C)(C)C)CC2)n1. The Hall–Kier alpha value is -1.76. The molecule has 1 N–H and O–H groups in total. The molecule has 7 heteroatoms. The highest BCUT2D eigenvalue weighted by molar-refractivity contribution is 4.98. The molecule has 0 amide bonds. The van der Waals surface area contributed by atoms with Gasteiger partial charge in [-0.15, -0.1) is 0 Å². The first-order chi connectivity index (χ1) is 11.5. The van der Waals surface area contributed by atoms with Gasteiger partial charge in [0.15, 0.2) is 5.82 Å². The number of hydrogen-bond donors (Lipinski definition) is 1. The van der Waals surface area contributed by atoms with Crippen LogP contribution in [0.25, 0.3) is 0 Å². The van der Waals surface area contributed by atoms with E-state index in [9.17, 15) is 0 Å². The van der Waals surface area contributed by atoms with Gasteiger partial charge in [0.1, 0.15) is 12.2 Å². The fraction of sp³-hybridized carbons (Fsp3) is 0.765. The van der Waals surface area contributed by atoms with Crippen molar-refractivity contribution in [2.24, 2.45) is 0 Å². The van der Waals surface area contributed by atoms with E-state index in [0.29, 0.717) is 12.0 Å². The molecule has 1 aliphatic rings. The van der Waals surface area contributed by atoms with Gasteiger partial charge in [-0.05, 0) is 46.5 Å². The second-order valence-corrected chi connectivity index (χ2v) is 7.59. The Bertz CT molecular complexity index is 648. The molecule has 0 unspecified atom stereocenters. The number of nitrogens with one attached hydrogen (secondary N) is 1. The third-order valence-corrected chi connectivity index (χ3v) is 4.68. The molecule has 1 aliphatic carbocycles. The minimum absolute atomic E-state index is 0.0416. The normalized spacial score (nSPS) is 22.0. The Balaban J connectivity index is 1.50. The monoisotopic (exact) mass is 332 g/mol. The summed E-state index contributed by atoms with van der Waals surface area (Å²) in [6.07, 6.45) is 6.90. The van der Waals surface area contributed by atoms with Gasteiger partial charge in [-0.1, -0.05) is 12.1 Å². The summed E-state index contributed by atoms with van der Waals surface area (Å²) in [4.78, 5) is 8.88. The van der Waals surface area contributed by atoms with E-state index in [-0.39, 0.29) is 5.54 Å². The molecule has 3 rings (SSSR count). The Morgan fingerprint density at radius 3 is 2.62 bits per heavy atom. The smallest absolute Gasteiger partial charge is 0.229 e. The van der Waals surface area contributed by atoms with Crippen molar-refractivity contribution >= 4 is 0 Å². The molecule has 2 aromatic heterocycles. The topological polar surface area (TPSA) is 81.7 Å². The molecule has 2 aromatic rings. The lowest BCUT2D eigenvalue weighted by Gasteiger charge is -2.28. The maximum absolute atomic E-state index is 5.40. The van der Waals surface area contributed by atoms with Crippen LogP contribution in [0.1, 0.15) is 76.8 Å². The van der Waals surface area contributed by atoms with Gasteiger partial charge in [-0.3, -0.25) is 0 Å². The largest absolute Gasteiger partial charge is 0.339 e. The van der Waals surface area contributed by atoms with Crippen molar-refractivity contribution in [3.63, 3.8) is 0 Å². The maximum atomic E-state index is 5.40.